The fourth-order valence-electron chi connectivity index (χ4n) is 2.97. The number of hydrogen-bond acceptors (Lipinski definition) is 4. The Morgan fingerprint density at radius 2 is 2.00 bits per heavy atom. The zero-order valence-electron chi connectivity index (χ0n) is 13.3. The molecule has 0 amide bonds. The van der Waals surface area contributed by atoms with Crippen LogP contribution in [0, 0.1) is 5.82 Å². The quantitative estimate of drug-likeness (QED) is 0.835. The molecule has 2 aliphatic rings. The molecular formula is C17H23FO4. The fraction of sp³-hybridized carbons (Fsp3) is 0.647. The molecule has 0 spiro atoms. The summed E-state index contributed by atoms with van der Waals surface area (Å²) in [5.74, 6) is -0.888. The lowest BCUT2D eigenvalue weighted by Crippen LogP contribution is -2.37. The van der Waals surface area contributed by atoms with E-state index in [2.05, 4.69) is 0 Å². The third-order valence-electron chi connectivity index (χ3n) is 4.45. The van der Waals surface area contributed by atoms with Gasteiger partial charge in [-0.05, 0) is 25.8 Å². The van der Waals surface area contributed by atoms with Gasteiger partial charge in [-0.2, -0.15) is 0 Å². The number of benzene rings is 1. The maximum Gasteiger partial charge on any atom is 0.190 e. The SMILES string of the molecule is CC[C@H]1O[C@@H]2OC(C)(CC)O[C@@H]2[C@H]1OCc1ccccc1F. The fourth-order valence-corrected chi connectivity index (χ4v) is 2.97. The van der Waals surface area contributed by atoms with E-state index < -0.39 is 12.1 Å². The van der Waals surface area contributed by atoms with Crippen LogP contribution in [0.25, 0.3) is 0 Å². The highest BCUT2D eigenvalue weighted by molar-refractivity contribution is 5.16. The zero-order chi connectivity index (χ0) is 15.7. The van der Waals surface area contributed by atoms with E-state index in [0.29, 0.717) is 5.56 Å². The molecule has 0 aromatic heterocycles. The molecule has 22 heavy (non-hydrogen) atoms. The highest BCUT2D eigenvalue weighted by Crippen LogP contribution is 2.41. The molecule has 122 valence electrons. The standard InChI is InChI=1S/C17H23FO4/c1-4-13-14(19-10-11-8-6-7-9-12(11)18)15-16(20-13)22-17(3,5-2)21-15/h6-9,13-16H,4-5,10H2,1-3H3/t13-,14+,15-,16-,17?/m1/s1. The first-order valence-corrected chi connectivity index (χ1v) is 7.92. The molecule has 0 bridgehead atoms. The van der Waals surface area contributed by atoms with Crippen LogP contribution in [0.5, 0.6) is 0 Å². The number of hydrogen-bond donors (Lipinski definition) is 0. The average Bonchev–Trinajstić information content (AvgIpc) is 3.00. The van der Waals surface area contributed by atoms with Crippen molar-refractivity contribution < 1.29 is 23.3 Å². The van der Waals surface area contributed by atoms with Gasteiger partial charge in [0.15, 0.2) is 12.1 Å². The monoisotopic (exact) mass is 310 g/mol. The van der Waals surface area contributed by atoms with E-state index >= 15 is 0 Å². The predicted molar refractivity (Wildman–Crippen MR) is 78.6 cm³/mol. The first-order chi connectivity index (χ1) is 10.6. The Kier molecular flexibility index (Phi) is 4.50. The van der Waals surface area contributed by atoms with Crippen molar-refractivity contribution in [1.82, 2.24) is 0 Å². The van der Waals surface area contributed by atoms with E-state index in [1.165, 1.54) is 6.07 Å². The number of fused-ring (bicyclic) bond motifs is 1. The smallest absolute Gasteiger partial charge is 0.190 e. The van der Waals surface area contributed by atoms with Gasteiger partial charge >= 0.3 is 0 Å². The molecule has 1 aromatic rings. The maximum atomic E-state index is 13.7. The lowest BCUT2D eigenvalue weighted by Gasteiger charge is -2.27. The van der Waals surface area contributed by atoms with Gasteiger partial charge in [-0.15, -0.1) is 0 Å². The number of halogens is 1. The van der Waals surface area contributed by atoms with Crippen LogP contribution in [-0.2, 0) is 25.6 Å². The van der Waals surface area contributed by atoms with Crippen molar-refractivity contribution >= 4 is 0 Å². The molecule has 5 atom stereocenters. The predicted octanol–water partition coefficient (Wildman–Crippen LogP) is 3.39. The first-order valence-electron chi connectivity index (χ1n) is 7.92. The molecular weight excluding hydrogens is 287 g/mol. The molecule has 1 unspecified atom stereocenters. The second kappa shape index (κ2) is 6.24. The molecule has 4 nitrogen and oxygen atoms in total. The van der Waals surface area contributed by atoms with Crippen molar-refractivity contribution in [2.75, 3.05) is 0 Å². The largest absolute Gasteiger partial charge is 0.368 e. The molecule has 2 aliphatic heterocycles. The average molecular weight is 310 g/mol. The third kappa shape index (κ3) is 2.91. The Labute approximate surface area is 130 Å². The Morgan fingerprint density at radius 3 is 2.68 bits per heavy atom. The van der Waals surface area contributed by atoms with Gasteiger partial charge in [-0.1, -0.05) is 32.0 Å². The number of ether oxygens (including phenoxy) is 4. The van der Waals surface area contributed by atoms with E-state index in [4.69, 9.17) is 18.9 Å². The van der Waals surface area contributed by atoms with Gasteiger partial charge in [-0.25, -0.2) is 4.39 Å². The summed E-state index contributed by atoms with van der Waals surface area (Å²) in [5, 5.41) is 0. The number of rotatable bonds is 5. The van der Waals surface area contributed by atoms with Crippen molar-refractivity contribution in [3.8, 4) is 0 Å². The van der Waals surface area contributed by atoms with Gasteiger partial charge in [0.05, 0.1) is 12.7 Å². The maximum absolute atomic E-state index is 13.7. The minimum Gasteiger partial charge on any atom is -0.368 e. The Bertz CT molecular complexity index is 523. The summed E-state index contributed by atoms with van der Waals surface area (Å²) < 4.78 is 37.5. The molecule has 1 aromatic carbocycles. The topological polar surface area (TPSA) is 36.9 Å². The molecule has 5 heteroatoms. The highest BCUT2D eigenvalue weighted by atomic mass is 19.1. The summed E-state index contributed by atoms with van der Waals surface area (Å²) in [7, 11) is 0. The summed E-state index contributed by atoms with van der Waals surface area (Å²) in [4.78, 5) is 0. The van der Waals surface area contributed by atoms with Crippen LogP contribution >= 0.6 is 0 Å². The Balaban J connectivity index is 1.69. The van der Waals surface area contributed by atoms with Crippen molar-refractivity contribution in [3.63, 3.8) is 0 Å². The Hall–Kier alpha value is -1.01. The summed E-state index contributed by atoms with van der Waals surface area (Å²) >= 11 is 0. The van der Waals surface area contributed by atoms with Crippen molar-refractivity contribution in [2.24, 2.45) is 0 Å². The van der Waals surface area contributed by atoms with Crippen LogP contribution in [-0.4, -0.2) is 30.4 Å². The van der Waals surface area contributed by atoms with Gasteiger partial charge in [0.1, 0.15) is 18.0 Å². The molecule has 2 saturated heterocycles. The van der Waals surface area contributed by atoms with Crippen molar-refractivity contribution in [3.05, 3.63) is 35.6 Å². The molecule has 2 fully saturated rings. The molecule has 0 aliphatic carbocycles. The molecule has 0 radical (unpaired) electrons. The summed E-state index contributed by atoms with van der Waals surface area (Å²) in [5.41, 5.74) is 0.540. The van der Waals surface area contributed by atoms with Crippen molar-refractivity contribution in [2.45, 2.75) is 70.6 Å². The van der Waals surface area contributed by atoms with Crippen LogP contribution < -0.4 is 0 Å². The van der Waals surface area contributed by atoms with Gasteiger partial charge in [0.2, 0.25) is 0 Å². The van der Waals surface area contributed by atoms with Crippen LogP contribution in [0.3, 0.4) is 0 Å². The molecule has 0 N–H and O–H groups in total. The van der Waals surface area contributed by atoms with E-state index in [1.54, 1.807) is 18.2 Å². The lowest BCUT2D eigenvalue weighted by molar-refractivity contribution is -0.229. The minimum absolute atomic E-state index is 0.0943. The molecule has 2 heterocycles. The van der Waals surface area contributed by atoms with Gasteiger partial charge in [0.25, 0.3) is 0 Å². The van der Waals surface area contributed by atoms with E-state index in [0.717, 1.165) is 12.8 Å². The van der Waals surface area contributed by atoms with Gasteiger partial charge < -0.3 is 18.9 Å². The van der Waals surface area contributed by atoms with Crippen LogP contribution in [0.2, 0.25) is 0 Å². The van der Waals surface area contributed by atoms with E-state index in [9.17, 15) is 4.39 Å². The van der Waals surface area contributed by atoms with Gasteiger partial charge in [-0.3, -0.25) is 0 Å². The molecule has 0 saturated carbocycles. The second-order valence-corrected chi connectivity index (χ2v) is 6.01. The summed E-state index contributed by atoms with van der Waals surface area (Å²) in [6.45, 7) is 6.15. The van der Waals surface area contributed by atoms with Crippen LogP contribution in [0.4, 0.5) is 4.39 Å². The van der Waals surface area contributed by atoms with E-state index in [-0.39, 0.29) is 30.7 Å². The van der Waals surface area contributed by atoms with Crippen molar-refractivity contribution in [1.29, 1.82) is 0 Å². The van der Waals surface area contributed by atoms with E-state index in [1.807, 2.05) is 20.8 Å². The van der Waals surface area contributed by atoms with Gasteiger partial charge in [0, 0.05) is 5.56 Å². The Morgan fingerprint density at radius 1 is 1.23 bits per heavy atom. The first kappa shape index (κ1) is 15.9. The third-order valence-corrected chi connectivity index (χ3v) is 4.45. The normalized spacial score (nSPS) is 37.5. The lowest BCUT2D eigenvalue weighted by atomic mass is 10.1. The molecule has 3 rings (SSSR count). The summed E-state index contributed by atoms with van der Waals surface area (Å²) in [6.07, 6.45) is 0.526. The summed E-state index contributed by atoms with van der Waals surface area (Å²) in [6, 6.07) is 6.64. The van der Waals surface area contributed by atoms with Crippen LogP contribution in [0.1, 0.15) is 39.2 Å². The van der Waals surface area contributed by atoms with Crippen LogP contribution in [0.15, 0.2) is 24.3 Å². The second-order valence-electron chi connectivity index (χ2n) is 6.01. The minimum atomic E-state index is -0.631. The highest BCUT2D eigenvalue weighted by Gasteiger charge is 2.55. The zero-order valence-corrected chi connectivity index (χ0v) is 13.3.